The first-order valence-electron chi connectivity index (χ1n) is 5.89. The quantitative estimate of drug-likeness (QED) is 0.838. The first kappa shape index (κ1) is 12.9. The van der Waals surface area contributed by atoms with E-state index in [0.717, 1.165) is 34.8 Å². The highest BCUT2D eigenvalue weighted by Crippen LogP contribution is 2.20. The van der Waals surface area contributed by atoms with Gasteiger partial charge >= 0.3 is 0 Å². The summed E-state index contributed by atoms with van der Waals surface area (Å²) in [7, 11) is 1.97. The van der Waals surface area contributed by atoms with Crippen LogP contribution in [0.1, 0.15) is 18.4 Å². The zero-order valence-electron chi connectivity index (χ0n) is 10.8. The van der Waals surface area contributed by atoms with Crippen molar-refractivity contribution in [3.63, 3.8) is 0 Å². The molecular weight excluding hydrogens is 246 g/mol. The molecule has 5 nitrogen and oxygen atoms in total. The van der Waals surface area contributed by atoms with Gasteiger partial charge in [-0.3, -0.25) is 0 Å². The molecule has 2 rings (SSSR count). The molecule has 2 aromatic heterocycles. The van der Waals surface area contributed by atoms with Gasteiger partial charge in [-0.15, -0.1) is 10.2 Å². The molecule has 0 amide bonds. The Morgan fingerprint density at radius 1 is 1.33 bits per heavy atom. The smallest absolute Gasteiger partial charge is 0.191 e. The standard InChI is InChI=1S/C12H17N5S/c1-4-13-11-7-5-6-10(14-11)8-18-12-16-15-9(2)17(12)3/h5-7H,4,8H2,1-3H3,(H,13,14). The Bertz CT molecular complexity index is 523. The number of thioether (sulfide) groups is 1. The Balaban J connectivity index is 2.01. The first-order chi connectivity index (χ1) is 8.70. The molecule has 18 heavy (non-hydrogen) atoms. The van der Waals surface area contributed by atoms with Gasteiger partial charge in [0.15, 0.2) is 5.16 Å². The fourth-order valence-corrected chi connectivity index (χ4v) is 2.35. The lowest BCUT2D eigenvalue weighted by molar-refractivity contribution is 0.765. The summed E-state index contributed by atoms with van der Waals surface area (Å²) in [4.78, 5) is 4.52. The van der Waals surface area contributed by atoms with Crippen molar-refractivity contribution in [1.82, 2.24) is 19.7 Å². The Hall–Kier alpha value is -1.56. The molecule has 0 bridgehead atoms. The number of nitrogens with one attached hydrogen (secondary N) is 1. The summed E-state index contributed by atoms with van der Waals surface area (Å²) >= 11 is 1.65. The van der Waals surface area contributed by atoms with Crippen molar-refractivity contribution in [3.05, 3.63) is 29.7 Å². The number of anilines is 1. The van der Waals surface area contributed by atoms with Crippen molar-refractivity contribution in [2.75, 3.05) is 11.9 Å². The topological polar surface area (TPSA) is 55.6 Å². The summed E-state index contributed by atoms with van der Waals surface area (Å²) in [6.07, 6.45) is 0. The summed E-state index contributed by atoms with van der Waals surface area (Å²) in [5, 5.41) is 12.3. The summed E-state index contributed by atoms with van der Waals surface area (Å²) in [5.41, 5.74) is 1.04. The highest BCUT2D eigenvalue weighted by Gasteiger charge is 2.06. The maximum absolute atomic E-state index is 4.52. The number of hydrogen-bond acceptors (Lipinski definition) is 5. The van der Waals surface area contributed by atoms with E-state index in [1.807, 2.05) is 36.7 Å². The molecule has 96 valence electrons. The van der Waals surface area contributed by atoms with Gasteiger partial charge in [0, 0.05) is 19.3 Å². The van der Waals surface area contributed by atoms with Crippen LogP contribution >= 0.6 is 11.8 Å². The van der Waals surface area contributed by atoms with Crippen LogP contribution in [0.15, 0.2) is 23.4 Å². The van der Waals surface area contributed by atoms with Crippen LogP contribution in [0, 0.1) is 6.92 Å². The van der Waals surface area contributed by atoms with Gasteiger partial charge in [-0.25, -0.2) is 4.98 Å². The van der Waals surface area contributed by atoms with Crippen LogP contribution in [-0.2, 0) is 12.8 Å². The summed E-state index contributed by atoms with van der Waals surface area (Å²) in [6, 6.07) is 6.02. The minimum atomic E-state index is 0.797. The molecule has 0 aromatic carbocycles. The van der Waals surface area contributed by atoms with Gasteiger partial charge in [0.1, 0.15) is 11.6 Å². The first-order valence-corrected chi connectivity index (χ1v) is 6.88. The molecule has 2 heterocycles. The Morgan fingerprint density at radius 2 is 2.17 bits per heavy atom. The van der Waals surface area contributed by atoms with Gasteiger partial charge in [-0.05, 0) is 26.0 Å². The normalized spacial score (nSPS) is 10.6. The molecule has 0 aliphatic carbocycles. The van der Waals surface area contributed by atoms with Crippen LogP contribution in [0.25, 0.3) is 0 Å². The zero-order chi connectivity index (χ0) is 13.0. The predicted molar refractivity (Wildman–Crippen MR) is 73.7 cm³/mol. The Morgan fingerprint density at radius 3 is 2.83 bits per heavy atom. The second kappa shape index (κ2) is 5.86. The lowest BCUT2D eigenvalue weighted by atomic mass is 10.4. The van der Waals surface area contributed by atoms with Crippen LogP contribution in [0.5, 0.6) is 0 Å². The van der Waals surface area contributed by atoms with Gasteiger partial charge in [-0.1, -0.05) is 17.8 Å². The zero-order valence-corrected chi connectivity index (χ0v) is 11.7. The van der Waals surface area contributed by atoms with Crippen molar-refractivity contribution < 1.29 is 0 Å². The molecule has 0 radical (unpaired) electrons. The highest BCUT2D eigenvalue weighted by molar-refractivity contribution is 7.98. The third kappa shape index (κ3) is 3.01. The summed E-state index contributed by atoms with van der Waals surface area (Å²) in [6.45, 7) is 4.89. The minimum Gasteiger partial charge on any atom is -0.370 e. The van der Waals surface area contributed by atoms with E-state index in [-0.39, 0.29) is 0 Å². The fraction of sp³-hybridized carbons (Fsp3) is 0.417. The van der Waals surface area contributed by atoms with Crippen LogP contribution in [0.2, 0.25) is 0 Å². The van der Waals surface area contributed by atoms with Crippen molar-refractivity contribution in [2.45, 2.75) is 24.8 Å². The molecule has 1 N–H and O–H groups in total. The SMILES string of the molecule is CCNc1cccc(CSc2nnc(C)n2C)n1. The average molecular weight is 263 g/mol. The second-order valence-electron chi connectivity index (χ2n) is 3.92. The maximum Gasteiger partial charge on any atom is 0.191 e. The molecule has 0 unspecified atom stereocenters. The number of hydrogen-bond donors (Lipinski definition) is 1. The van der Waals surface area contributed by atoms with E-state index in [0.29, 0.717) is 0 Å². The van der Waals surface area contributed by atoms with Gasteiger partial charge in [0.25, 0.3) is 0 Å². The Kier molecular flexibility index (Phi) is 4.19. The minimum absolute atomic E-state index is 0.797. The van der Waals surface area contributed by atoms with Gasteiger partial charge in [-0.2, -0.15) is 0 Å². The van der Waals surface area contributed by atoms with Crippen LogP contribution in [-0.4, -0.2) is 26.3 Å². The molecule has 2 aromatic rings. The lowest BCUT2D eigenvalue weighted by Crippen LogP contribution is -2.00. The summed E-state index contributed by atoms with van der Waals surface area (Å²) < 4.78 is 1.98. The van der Waals surface area contributed by atoms with E-state index >= 15 is 0 Å². The molecule has 0 saturated carbocycles. The van der Waals surface area contributed by atoms with E-state index in [1.54, 1.807) is 11.8 Å². The molecule has 0 aliphatic rings. The van der Waals surface area contributed by atoms with Gasteiger partial charge < -0.3 is 9.88 Å². The molecule has 0 aliphatic heterocycles. The molecule has 0 saturated heterocycles. The average Bonchev–Trinajstić information content (AvgIpc) is 2.69. The van der Waals surface area contributed by atoms with Crippen molar-refractivity contribution in [3.8, 4) is 0 Å². The number of aromatic nitrogens is 4. The monoisotopic (exact) mass is 263 g/mol. The number of rotatable bonds is 5. The van der Waals surface area contributed by atoms with Crippen LogP contribution in [0.4, 0.5) is 5.82 Å². The van der Waals surface area contributed by atoms with Crippen LogP contribution < -0.4 is 5.32 Å². The van der Waals surface area contributed by atoms with Crippen molar-refractivity contribution in [2.24, 2.45) is 7.05 Å². The molecular formula is C12H17N5S. The predicted octanol–water partition coefficient (Wildman–Crippen LogP) is 2.24. The maximum atomic E-state index is 4.52. The highest BCUT2D eigenvalue weighted by atomic mass is 32.2. The Labute approximate surface area is 111 Å². The van der Waals surface area contributed by atoms with Gasteiger partial charge in [0.05, 0.1) is 5.69 Å². The van der Waals surface area contributed by atoms with E-state index < -0.39 is 0 Å². The number of pyridine rings is 1. The number of nitrogens with zero attached hydrogens (tertiary/aromatic N) is 4. The van der Waals surface area contributed by atoms with Crippen molar-refractivity contribution in [1.29, 1.82) is 0 Å². The van der Waals surface area contributed by atoms with Gasteiger partial charge in [0.2, 0.25) is 0 Å². The largest absolute Gasteiger partial charge is 0.370 e. The third-order valence-corrected chi connectivity index (χ3v) is 3.62. The lowest BCUT2D eigenvalue weighted by Gasteiger charge is -2.05. The summed E-state index contributed by atoms with van der Waals surface area (Å²) in [5.74, 6) is 2.64. The van der Waals surface area contributed by atoms with Crippen LogP contribution in [0.3, 0.4) is 0 Å². The molecule has 0 fully saturated rings. The number of aryl methyl sites for hydroxylation is 1. The molecule has 0 spiro atoms. The molecule has 6 heteroatoms. The molecule has 0 atom stereocenters. The van der Waals surface area contributed by atoms with E-state index in [9.17, 15) is 0 Å². The van der Waals surface area contributed by atoms with E-state index in [2.05, 4.69) is 27.4 Å². The second-order valence-corrected chi connectivity index (χ2v) is 4.86. The fourth-order valence-electron chi connectivity index (χ4n) is 1.49. The third-order valence-electron chi connectivity index (χ3n) is 2.57. The van der Waals surface area contributed by atoms with Crippen molar-refractivity contribution >= 4 is 17.6 Å². The van der Waals surface area contributed by atoms with E-state index in [4.69, 9.17) is 0 Å². The van der Waals surface area contributed by atoms with E-state index in [1.165, 1.54) is 0 Å².